The third-order valence-corrected chi connectivity index (χ3v) is 4.06. The number of hydrogen-bond acceptors (Lipinski definition) is 2. The van der Waals surface area contributed by atoms with Crippen LogP contribution in [0.1, 0.15) is 28.9 Å². The van der Waals surface area contributed by atoms with Gasteiger partial charge in [0.05, 0.1) is 6.04 Å². The molecule has 2 unspecified atom stereocenters. The molecular formula is C17H16BrNO2. The second-order valence-corrected chi connectivity index (χ2v) is 5.71. The van der Waals surface area contributed by atoms with Crippen molar-refractivity contribution in [3.05, 3.63) is 71.8 Å². The van der Waals surface area contributed by atoms with Gasteiger partial charge in [-0.3, -0.25) is 9.59 Å². The molecule has 1 N–H and O–H groups in total. The molecule has 0 saturated heterocycles. The van der Waals surface area contributed by atoms with Crippen molar-refractivity contribution in [1.29, 1.82) is 0 Å². The molecule has 0 heterocycles. The molecular weight excluding hydrogens is 330 g/mol. The summed E-state index contributed by atoms with van der Waals surface area (Å²) in [6, 6.07) is 18.1. The molecule has 0 aromatic heterocycles. The van der Waals surface area contributed by atoms with E-state index in [1.165, 1.54) is 6.92 Å². The molecule has 21 heavy (non-hydrogen) atoms. The van der Waals surface area contributed by atoms with E-state index in [4.69, 9.17) is 0 Å². The maximum absolute atomic E-state index is 12.5. The van der Waals surface area contributed by atoms with Gasteiger partial charge in [0.2, 0.25) is 5.91 Å². The molecule has 4 heteroatoms. The zero-order chi connectivity index (χ0) is 15.2. The van der Waals surface area contributed by atoms with Gasteiger partial charge in [-0.2, -0.15) is 0 Å². The molecule has 2 aromatic rings. The second-order valence-electron chi connectivity index (χ2n) is 4.72. The first-order valence-electron chi connectivity index (χ1n) is 6.65. The largest absolute Gasteiger partial charge is 0.348 e. The van der Waals surface area contributed by atoms with Crippen LogP contribution in [-0.2, 0) is 4.79 Å². The second kappa shape index (κ2) is 7.18. The molecule has 2 atom stereocenters. The number of halogens is 1. The summed E-state index contributed by atoms with van der Waals surface area (Å²) in [4.78, 5) is 23.5. The number of nitrogens with one attached hydrogen (secondary N) is 1. The predicted octanol–water partition coefficient (Wildman–Crippen LogP) is 3.51. The lowest BCUT2D eigenvalue weighted by atomic mass is 9.97. The SMILES string of the molecule is CC(=O)NC(c1ccccc1)C(Br)C(=O)c1ccccc1. The Balaban J connectivity index is 2.28. The van der Waals surface area contributed by atoms with E-state index >= 15 is 0 Å². The van der Waals surface area contributed by atoms with Crippen molar-refractivity contribution in [2.24, 2.45) is 0 Å². The van der Waals surface area contributed by atoms with Crippen molar-refractivity contribution in [3.8, 4) is 0 Å². The maximum atomic E-state index is 12.5. The van der Waals surface area contributed by atoms with Crippen molar-refractivity contribution in [2.45, 2.75) is 17.8 Å². The van der Waals surface area contributed by atoms with Crippen molar-refractivity contribution in [3.63, 3.8) is 0 Å². The summed E-state index contributed by atoms with van der Waals surface area (Å²) in [5.41, 5.74) is 1.50. The Morgan fingerprint density at radius 1 is 0.952 bits per heavy atom. The summed E-state index contributed by atoms with van der Waals surface area (Å²) in [6.07, 6.45) is 0. The van der Waals surface area contributed by atoms with E-state index in [0.29, 0.717) is 5.56 Å². The van der Waals surface area contributed by atoms with Gasteiger partial charge in [0.1, 0.15) is 4.83 Å². The lowest BCUT2D eigenvalue weighted by Gasteiger charge is -2.23. The fraction of sp³-hybridized carbons (Fsp3) is 0.176. The van der Waals surface area contributed by atoms with E-state index in [1.54, 1.807) is 12.1 Å². The van der Waals surface area contributed by atoms with E-state index in [0.717, 1.165) is 5.56 Å². The third-order valence-electron chi connectivity index (χ3n) is 3.12. The van der Waals surface area contributed by atoms with Gasteiger partial charge in [-0.15, -0.1) is 0 Å². The van der Waals surface area contributed by atoms with Crippen LogP contribution < -0.4 is 5.32 Å². The number of benzene rings is 2. The summed E-state index contributed by atoms with van der Waals surface area (Å²) >= 11 is 3.45. The average molecular weight is 346 g/mol. The van der Waals surface area contributed by atoms with Gasteiger partial charge >= 0.3 is 0 Å². The highest BCUT2D eigenvalue weighted by Gasteiger charge is 2.28. The van der Waals surface area contributed by atoms with Crippen LogP contribution in [-0.4, -0.2) is 16.5 Å². The van der Waals surface area contributed by atoms with Crippen molar-refractivity contribution in [1.82, 2.24) is 5.32 Å². The third kappa shape index (κ3) is 4.02. The molecule has 3 nitrogen and oxygen atoms in total. The normalized spacial score (nSPS) is 13.2. The van der Waals surface area contributed by atoms with Crippen LogP contribution in [0, 0.1) is 0 Å². The van der Waals surface area contributed by atoms with Crippen LogP contribution in [0.4, 0.5) is 0 Å². The number of ketones is 1. The summed E-state index contributed by atoms with van der Waals surface area (Å²) < 4.78 is 0. The zero-order valence-corrected chi connectivity index (χ0v) is 13.2. The lowest BCUT2D eigenvalue weighted by molar-refractivity contribution is -0.119. The van der Waals surface area contributed by atoms with E-state index in [2.05, 4.69) is 21.2 Å². The number of hydrogen-bond donors (Lipinski definition) is 1. The van der Waals surface area contributed by atoms with Gasteiger partial charge in [-0.1, -0.05) is 76.6 Å². The molecule has 0 saturated carbocycles. The molecule has 0 radical (unpaired) electrons. The number of carbonyl (C=O) groups is 2. The summed E-state index contributed by atoms with van der Waals surface area (Å²) in [7, 11) is 0. The fourth-order valence-electron chi connectivity index (χ4n) is 2.12. The summed E-state index contributed by atoms with van der Waals surface area (Å²) in [5.74, 6) is -0.229. The van der Waals surface area contributed by atoms with E-state index in [-0.39, 0.29) is 11.7 Å². The highest BCUT2D eigenvalue weighted by atomic mass is 79.9. The number of alkyl halides is 1. The average Bonchev–Trinajstić information content (AvgIpc) is 2.53. The first kappa shape index (κ1) is 15.4. The highest BCUT2D eigenvalue weighted by molar-refractivity contribution is 9.10. The van der Waals surface area contributed by atoms with Gasteiger partial charge in [0.15, 0.2) is 5.78 Å². The van der Waals surface area contributed by atoms with Crippen LogP contribution in [0.2, 0.25) is 0 Å². The molecule has 0 aliphatic heterocycles. The quantitative estimate of drug-likeness (QED) is 0.665. The molecule has 108 valence electrons. The Bertz CT molecular complexity index is 613. The van der Waals surface area contributed by atoms with Gasteiger partial charge in [0.25, 0.3) is 0 Å². The van der Waals surface area contributed by atoms with E-state index < -0.39 is 10.9 Å². The van der Waals surface area contributed by atoms with E-state index in [1.807, 2.05) is 48.5 Å². The minimum absolute atomic E-state index is 0.0572. The van der Waals surface area contributed by atoms with Crippen LogP contribution in [0.3, 0.4) is 0 Å². The van der Waals surface area contributed by atoms with Crippen molar-refractivity contribution < 1.29 is 9.59 Å². The monoisotopic (exact) mass is 345 g/mol. The Morgan fingerprint density at radius 2 is 1.48 bits per heavy atom. The van der Waals surface area contributed by atoms with Crippen LogP contribution in [0.25, 0.3) is 0 Å². The molecule has 1 amide bonds. The maximum Gasteiger partial charge on any atom is 0.217 e. The summed E-state index contributed by atoms with van der Waals surface area (Å²) in [5, 5.41) is 2.84. The van der Waals surface area contributed by atoms with Gasteiger partial charge in [-0.25, -0.2) is 0 Å². The van der Waals surface area contributed by atoms with Crippen molar-refractivity contribution >= 4 is 27.6 Å². The standard InChI is InChI=1S/C17H16BrNO2/c1-12(20)19-16(13-8-4-2-5-9-13)15(18)17(21)14-10-6-3-7-11-14/h2-11,15-16H,1H3,(H,19,20). The number of amides is 1. The Labute approximate surface area is 132 Å². The van der Waals surface area contributed by atoms with E-state index in [9.17, 15) is 9.59 Å². The lowest BCUT2D eigenvalue weighted by Crippen LogP contribution is -2.36. The molecule has 0 aliphatic carbocycles. The van der Waals surface area contributed by atoms with Crippen LogP contribution in [0.5, 0.6) is 0 Å². The topological polar surface area (TPSA) is 46.2 Å². The molecule has 0 bridgehead atoms. The number of carbonyl (C=O) groups excluding carboxylic acids is 2. The minimum Gasteiger partial charge on any atom is -0.348 e. The fourth-order valence-corrected chi connectivity index (χ4v) is 2.82. The first-order valence-corrected chi connectivity index (χ1v) is 7.56. The number of rotatable bonds is 5. The molecule has 0 spiro atoms. The minimum atomic E-state index is -0.522. The molecule has 2 aromatic carbocycles. The Hall–Kier alpha value is -1.94. The zero-order valence-electron chi connectivity index (χ0n) is 11.6. The summed E-state index contributed by atoms with van der Waals surface area (Å²) in [6.45, 7) is 1.45. The number of Topliss-reactive ketones (excluding diaryl/α,β-unsaturated/α-hetero) is 1. The van der Waals surface area contributed by atoms with Crippen LogP contribution in [0.15, 0.2) is 60.7 Å². The molecule has 2 rings (SSSR count). The highest BCUT2D eigenvalue weighted by Crippen LogP contribution is 2.25. The molecule has 0 fully saturated rings. The molecule has 0 aliphatic rings. The van der Waals surface area contributed by atoms with Crippen LogP contribution >= 0.6 is 15.9 Å². The smallest absolute Gasteiger partial charge is 0.217 e. The predicted molar refractivity (Wildman–Crippen MR) is 86.5 cm³/mol. The Kier molecular flexibility index (Phi) is 5.28. The van der Waals surface area contributed by atoms with Gasteiger partial charge in [0, 0.05) is 12.5 Å². The first-order chi connectivity index (χ1) is 10.1. The van der Waals surface area contributed by atoms with Gasteiger partial charge in [-0.05, 0) is 5.56 Å². The Morgan fingerprint density at radius 3 is 2.00 bits per heavy atom. The van der Waals surface area contributed by atoms with Crippen molar-refractivity contribution in [2.75, 3.05) is 0 Å². The van der Waals surface area contributed by atoms with Gasteiger partial charge < -0.3 is 5.32 Å².